The fraction of sp³-hybridized carbons (Fsp3) is 0.909. The van der Waals surface area contributed by atoms with Gasteiger partial charge in [-0.1, -0.05) is 13.8 Å². The summed E-state index contributed by atoms with van der Waals surface area (Å²) < 4.78 is 0. The van der Waals surface area contributed by atoms with E-state index in [4.69, 9.17) is 0 Å². The second-order valence-electron chi connectivity index (χ2n) is 5.18. The number of carbonyl (C=O) groups excluding carboxylic acids is 1. The molecule has 0 saturated carbocycles. The van der Waals surface area contributed by atoms with Crippen LogP contribution in [0.1, 0.15) is 26.7 Å². The highest BCUT2D eigenvalue weighted by atomic mass is 16.2. The van der Waals surface area contributed by atoms with Crippen LogP contribution in [0.2, 0.25) is 0 Å². The van der Waals surface area contributed by atoms with Gasteiger partial charge in [0.1, 0.15) is 0 Å². The molecule has 14 heavy (non-hydrogen) atoms. The van der Waals surface area contributed by atoms with Crippen molar-refractivity contribution < 1.29 is 4.79 Å². The van der Waals surface area contributed by atoms with Crippen molar-refractivity contribution in [2.45, 2.75) is 26.7 Å². The molecule has 0 saturated heterocycles. The highest BCUT2D eigenvalue weighted by Gasteiger charge is 2.22. The Balaban J connectivity index is 4.00. The monoisotopic (exact) mass is 200 g/mol. The highest BCUT2D eigenvalue weighted by molar-refractivity contribution is 5.76. The molecule has 3 nitrogen and oxygen atoms in total. The first-order valence-electron chi connectivity index (χ1n) is 5.09. The van der Waals surface area contributed by atoms with Gasteiger partial charge >= 0.3 is 0 Å². The van der Waals surface area contributed by atoms with Gasteiger partial charge in [0.15, 0.2) is 0 Å². The fourth-order valence-corrected chi connectivity index (χ4v) is 1.18. The SMILES string of the molecule is CN(C)CCC(C)(C)CC(=O)N(C)C. The van der Waals surface area contributed by atoms with Crippen LogP contribution in [0.5, 0.6) is 0 Å². The largest absolute Gasteiger partial charge is 0.349 e. The predicted octanol–water partition coefficient (Wildman–Crippen LogP) is 1.44. The maximum Gasteiger partial charge on any atom is 0.222 e. The maximum absolute atomic E-state index is 11.5. The molecule has 0 fully saturated rings. The van der Waals surface area contributed by atoms with Crippen LogP contribution in [0.25, 0.3) is 0 Å². The van der Waals surface area contributed by atoms with Gasteiger partial charge in [-0.25, -0.2) is 0 Å². The summed E-state index contributed by atoms with van der Waals surface area (Å²) in [7, 11) is 7.74. The first-order valence-corrected chi connectivity index (χ1v) is 5.09. The lowest BCUT2D eigenvalue weighted by atomic mass is 9.85. The van der Waals surface area contributed by atoms with Crippen LogP contribution in [0.4, 0.5) is 0 Å². The summed E-state index contributed by atoms with van der Waals surface area (Å²) in [6.45, 7) is 5.34. The van der Waals surface area contributed by atoms with Gasteiger partial charge in [0.05, 0.1) is 0 Å². The lowest BCUT2D eigenvalue weighted by molar-refractivity contribution is -0.130. The first kappa shape index (κ1) is 13.4. The first-order chi connectivity index (χ1) is 6.24. The molecular formula is C11H24N2O. The molecule has 0 aromatic heterocycles. The number of nitrogens with zero attached hydrogens (tertiary/aromatic N) is 2. The van der Waals surface area contributed by atoms with Gasteiger partial charge in [-0.3, -0.25) is 4.79 Å². The van der Waals surface area contributed by atoms with E-state index in [1.807, 2.05) is 14.1 Å². The standard InChI is InChI=1S/C11H24N2O/c1-11(2,7-8-12(3)4)9-10(14)13(5)6/h7-9H2,1-6H3. The van der Waals surface area contributed by atoms with Gasteiger partial charge in [0.25, 0.3) is 0 Å². The molecule has 0 heterocycles. The summed E-state index contributed by atoms with van der Waals surface area (Å²) in [6, 6.07) is 0. The topological polar surface area (TPSA) is 23.6 Å². The minimum Gasteiger partial charge on any atom is -0.349 e. The lowest BCUT2D eigenvalue weighted by Crippen LogP contribution is -2.30. The Morgan fingerprint density at radius 2 is 1.64 bits per heavy atom. The molecule has 0 aliphatic heterocycles. The average Bonchev–Trinajstić information content (AvgIpc) is 2.00. The maximum atomic E-state index is 11.5. The minimum atomic E-state index is 0.103. The van der Waals surface area contributed by atoms with E-state index >= 15 is 0 Å². The van der Waals surface area contributed by atoms with Gasteiger partial charge in [-0.15, -0.1) is 0 Å². The Bertz CT molecular complexity index is 186. The zero-order valence-corrected chi connectivity index (χ0v) is 10.4. The fourth-order valence-electron chi connectivity index (χ4n) is 1.18. The lowest BCUT2D eigenvalue weighted by Gasteiger charge is -2.27. The van der Waals surface area contributed by atoms with E-state index in [-0.39, 0.29) is 11.3 Å². The van der Waals surface area contributed by atoms with Gasteiger partial charge in [-0.05, 0) is 32.5 Å². The van der Waals surface area contributed by atoms with E-state index in [1.54, 1.807) is 4.90 Å². The molecule has 0 atom stereocenters. The molecule has 0 aliphatic carbocycles. The summed E-state index contributed by atoms with van der Waals surface area (Å²) in [4.78, 5) is 15.3. The number of hydrogen-bond donors (Lipinski definition) is 0. The molecule has 3 heteroatoms. The number of amides is 1. The smallest absolute Gasteiger partial charge is 0.222 e. The zero-order chi connectivity index (χ0) is 11.4. The Labute approximate surface area is 88.1 Å². The van der Waals surface area contributed by atoms with Crippen molar-refractivity contribution in [2.24, 2.45) is 5.41 Å². The number of rotatable bonds is 5. The van der Waals surface area contributed by atoms with Crippen molar-refractivity contribution in [2.75, 3.05) is 34.7 Å². The third kappa shape index (κ3) is 5.97. The van der Waals surface area contributed by atoms with E-state index in [0.29, 0.717) is 6.42 Å². The van der Waals surface area contributed by atoms with Gasteiger partial charge in [0.2, 0.25) is 5.91 Å². The third-order valence-electron chi connectivity index (χ3n) is 2.36. The number of hydrogen-bond acceptors (Lipinski definition) is 2. The second-order valence-corrected chi connectivity index (χ2v) is 5.18. The normalized spacial score (nSPS) is 11.9. The molecule has 0 aromatic rings. The molecule has 0 N–H and O–H groups in total. The van der Waals surface area contributed by atoms with Crippen molar-refractivity contribution in [3.63, 3.8) is 0 Å². The van der Waals surface area contributed by atoms with E-state index in [0.717, 1.165) is 13.0 Å². The van der Waals surface area contributed by atoms with Crippen molar-refractivity contribution in [1.82, 2.24) is 9.80 Å². The molecular weight excluding hydrogens is 176 g/mol. The van der Waals surface area contributed by atoms with Gasteiger partial charge in [-0.2, -0.15) is 0 Å². The van der Waals surface area contributed by atoms with Crippen LogP contribution in [0.15, 0.2) is 0 Å². The van der Waals surface area contributed by atoms with E-state index in [1.165, 1.54) is 0 Å². The van der Waals surface area contributed by atoms with Crippen LogP contribution in [0.3, 0.4) is 0 Å². The third-order valence-corrected chi connectivity index (χ3v) is 2.36. The van der Waals surface area contributed by atoms with Gasteiger partial charge in [0, 0.05) is 20.5 Å². The zero-order valence-electron chi connectivity index (χ0n) is 10.4. The summed E-state index contributed by atoms with van der Waals surface area (Å²) >= 11 is 0. The predicted molar refractivity (Wildman–Crippen MR) is 60.3 cm³/mol. The van der Waals surface area contributed by atoms with Crippen LogP contribution in [-0.4, -0.2) is 50.4 Å². The quantitative estimate of drug-likeness (QED) is 0.670. The Morgan fingerprint density at radius 1 is 1.14 bits per heavy atom. The minimum absolute atomic E-state index is 0.103. The van der Waals surface area contributed by atoms with Crippen molar-refractivity contribution >= 4 is 5.91 Å². The van der Waals surface area contributed by atoms with Crippen molar-refractivity contribution in [3.8, 4) is 0 Å². The Kier molecular flexibility index (Phi) is 5.13. The molecule has 1 amide bonds. The van der Waals surface area contributed by atoms with Crippen LogP contribution >= 0.6 is 0 Å². The van der Waals surface area contributed by atoms with Crippen LogP contribution < -0.4 is 0 Å². The summed E-state index contributed by atoms with van der Waals surface area (Å²) in [6.07, 6.45) is 1.69. The summed E-state index contributed by atoms with van der Waals surface area (Å²) in [5.74, 6) is 0.216. The van der Waals surface area contributed by atoms with Crippen molar-refractivity contribution in [3.05, 3.63) is 0 Å². The molecule has 0 spiro atoms. The van der Waals surface area contributed by atoms with Crippen molar-refractivity contribution in [1.29, 1.82) is 0 Å². The molecule has 0 bridgehead atoms. The summed E-state index contributed by atoms with van der Waals surface area (Å²) in [5, 5.41) is 0. The Morgan fingerprint density at radius 3 is 2.00 bits per heavy atom. The molecule has 0 aromatic carbocycles. The summed E-state index contributed by atoms with van der Waals surface area (Å²) in [5.41, 5.74) is 0.103. The number of carbonyl (C=O) groups is 1. The second kappa shape index (κ2) is 5.35. The van der Waals surface area contributed by atoms with E-state index < -0.39 is 0 Å². The average molecular weight is 200 g/mol. The van der Waals surface area contributed by atoms with E-state index in [2.05, 4.69) is 32.8 Å². The molecule has 0 aliphatic rings. The molecule has 84 valence electrons. The molecule has 0 rings (SSSR count). The van der Waals surface area contributed by atoms with Crippen LogP contribution in [0, 0.1) is 5.41 Å². The Hall–Kier alpha value is -0.570. The highest BCUT2D eigenvalue weighted by Crippen LogP contribution is 2.25. The van der Waals surface area contributed by atoms with Gasteiger partial charge < -0.3 is 9.80 Å². The molecule has 0 unspecified atom stereocenters. The van der Waals surface area contributed by atoms with Crippen LogP contribution in [-0.2, 0) is 4.79 Å². The molecule has 0 radical (unpaired) electrons. The van der Waals surface area contributed by atoms with E-state index in [9.17, 15) is 4.79 Å².